The highest BCUT2D eigenvalue weighted by Gasteiger charge is 2.40. The molecule has 3 amide bonds. The van der Waals surface area contributed by atoms with Crippen LogP contribution in [-0.2, 0) is 32.7 Å². The molecule has 1 aromatic heterocycles. The van der Waals surface area contributed by atoms with E-state index in [9.17, 15) is 36.3 Å². The number of likely N-dealkylation sites (tertiary alicyclic amines) is 1. The maximum absolute atomic E-state index is 14.2. The molecule has 5 N–H and O–H groups in total. The van der Waals surface area contributed by atoms with E-state index in [0.29, 0.717) is 46.7 Å². The van der Waals surface area contributed by atoms with Crippen LogP contribution in [0.2, 0.25) is 0 Å². The van der Waals surface area contributed by atoms with Crippen LogP contribution < -0.4 is 24.7 Å². The number of anilines is 1. The number of rotatable bonds is 12. The van der Waals surface area contributed by atoms with Crippen LogP contribution in [0.5, 0.6) is 23.0 Å². The van der Waals surface area contributed by atoms with Gasteiger partial charge in [0, 0.05) is 29.7 Å². The lowest BCUT2D eigenvalue weighted by molar-refractivity contribution is -0.918. The molecule has 1 fully saturated rings. The third-order valence-electron chi connectivity index (χ3n) is 8.82. The van der Waals surface area contributed by atoms with Crippen LogP contribution in [0.25, 0.3) is 0 Å². The first kappa shape index (κ1) is 44.1. The van der Waals surface area contributed by atoms with Gasteiger partial charge in [0.2, 0.25) is 0 Å². The Kier molecular flexibility index (Phi) is 14.3. The number of urea groups is 1. The minimum Gasteiger partial charge on any atom is -0.508 e. The molecule has 19 heteroatoms. The number of hydrogen-bond acceptors (Lipinski definition) is 10. The number of methoxy groups -OCH3 is 2. The number of phenolic OH excluding ortho intramolecular Hbond substituents is 1. The van der Waals surface area contributed by atoms with E-state index >= 15 is 0 Å². The highest BCUT2D eigenvalue weighted by molar-refractivity contribution is 7.89. The Bertz CT molecular complexity index is 2210. The Morgan fingerprint density at radius 1 is 0.965 bits per heavy atom. The van der Waals surface area contributed by atoms with Crippen molar-refractivity contribution in [2.45, 2.75) is 49.2 Å². The summed E-state index contributed by atoms with van der Waals surface area (Å²) in [6.45, 7) is 3.74. The number of aromatic hydroxyl groups is 1. The summed E-state index contributed by atoms with van der Waals surface area (Å²) in [5, 5.41) is 19.8. The Hall–Kier alpha value is -5.66. The number of carbonyl (C=O) groups excluding carboxylic acids is 2. The number of carboxylic acid groups (broad SMARTS) is 1. The maximum Gasteiger partial charge on any atom is 0.496 e. The van der Waals surface area contributed by atoms with Gasteiger partial charge in [0.1, 0.15) is 36.0 Å². The van der Waals surface area contributed by atoms with Crippen molar-refractivity contribution in [3.05, 3.63) is 94.9 Å². The van der Waals surface area contributed by atoms with Crippen molar-refractivity contribution in [3.8, 4) is 23.0 Å². The summed E-state index contributed by atoms with van der Waals surface area (Å²) < 4.78 is 75.5. The van der Waals surface area contributed by atoms with Crippen LogP contribution in [0.15, 0.2) is 83.1 Å². The zero-order valence-electron chi connectivity index (χ0n) is 31.4. The number of hydrogen-bond donors (Lipinski definition) is 4. The van der Waals surface area contributed by atoms with Gasteiger partial charge in [-0.05, 0) is 79.2 Å². The third kappa shape index (κ3) is 12.2. The number of halogens is 3. The zero-order valence-corrected chi connectivity index (χ0v) is 33.0. The molecule has 0 spiro atoms. The van der Waals surface area contributed by atoms with E-state index in [2.05, 4.69) is 12.4 Å². The molecule has 306 valence electrons. The number of phenols is 1. The van der Waals surface area contributed by atoms with E-state index in [-0.39, 0.29) is 22.1 Å². The van der Waals surface area contributed by atoms with Gasteiger partial charge in [-0.1, -0.05) is 12.1 Å². The lowest BCUT2D eigenvalue weighted by Crippen LogP contribution is -2.56. The summed E-state index contributed by atoms with van der Waals surface area (Å²) in [5.41, 5.74) is 8.86. The van der Waals surface area contributed by atoms with E-state index in [4.69, 9.17) is 29.3 Å². The Morgan fingerprint density at radius 3 is 2.12 bits per heavy atom. The van der Waals surface area contributed by atoms with Gasteiger partial charge in [0.15, 0.2) is 21.8 Å². The zero-order chi connectivity index (χ0) is 42.1. The van der Waals surface area contributed by atoms with Crippen molar-refractivity contribution < 1.29 is 68.9 Å². The van der Waals surface area contributed by atoms with Gasteiger partial charge >= 0.3 is 28.3 Å². The molecule has 2 heterocycles. The largest absolute Gasteiger partial charge is 0.508 e. The van der Waals surface area contributed by atoms with E-state index in [1.165, 1.54) is 47.0 Å². The molecule has 5 rings (SSSR count). The SMILES string of the molecule is COc1ccc(C[N+]2(C)CCC/C(=[N+](\C(=O)Nc3ccc(OS(=O)(=O)c4ccc(C)s4)cc3)[C@@H](Cc3ccc(O)cc3)C(N)=O)C2)cc1OC.O=C(O)C(F)(F)F. The predicted octanol–water partition coefficient (Wildman–Crippen LogP) is 5.70. The lowest BCUT2D eigenvalue weighted by Gasteiger charge is -2.38. The van der Waals surface area contributed by atoms with E-state index in [0.717, 1.165) is 40.5 Å². The molecule has 3 aromatic carbocycles. The summed E-state index contributed by atoms with van der Waals surface area (Å²) >= 11 is 1.11. The van der Waals surface area contributed by atoms with Gasteiger partial charge in [-0.2, -0.15) is 31.0 Å². The van der Waals surface area contributed by atoms with Gasteiger partial charge in [0.05, 0.1) is 27.8 Å². The highest BCUT2D eigenvalue weighted by atomic mass is 32.3. The fourth-order valence-electron chi connectivity index (χ4n) is 6.19. The number of piperidine rings is 1. The highest BCUT2D eigenvalue weighted by Crippen LogP contribution is 2.30. The van der Waals surface area contributed by atoms with Gasteiger partial charge in [-0.15, -0.1) is 11.3 Å². The van der Waals surface area contributed by atoms with Crippen LogP contribution in [0.3, 0.4) is 0 Å². The molecule has 1 saturated heterocycles. The number of primary amides is 1. The molecule has 1 unspecified atom stereocenters. The average Bonchev–Trinajstić information content (AvgIpc) is 3.60. The first-order valence-corrected chi connectivity index (χ1v) is 19.4. The van der Waals surface area contributed by atoms with Crippen LogP contribution in [-0.4, -0.2) is 97.9 Å². The maximum atomic E-state index is 14.2. The first-order valence-electron chi connectivity index (χ1n) is 17.2. The molecule has 14 nitrogen and oxygen atoms in total. The van der Waals surface area contributed by atoms with Crippen molar-refractivity contribution in [3.63, 3.8) is 0 Å². The number of aryl methyl sites for hydroxylation is 1. The molecule has 1 aliphatic heterocycles. The van der Waals surface area contributed by atoms with Gasteiger partial charge in [-0.25, -0.2) is 10.1 Å². The number of aliphatic carboxylic acids is 1. The molecule has 0 aliphatic carbocycles. The Balaban J connectivity index is 0.000000940. The normalized spacial score (nSPS) is 17.0. The van der Waals surface area contributed by atoms with Crippen LogP contribution >= 0.6 is 11.3 Å². The number of benzene rings is 3. The van der Waals surface area contributed by atoms with Crippen molar-refractivity contribution in [1.82, 2.24) is 0 Å². The summed E-state index contributed by atoms with van der Waals surface area (Å²) in [7, 11) is 1.27. The van der Waals surface area contributed by atoms with Gasteiger partial charge in [0.25, 0.3) is 5.91 Å². The number of nitrogens with zero attached hydrogens (tertiary/aromatic N) is 2. The number of alkyl halides is 3. The summed E-state index contributed by atoms with van der Waals surface area (Å²) in [6.07, 6.45) is -3.63. The quantitative estimate of drug-likeness (QED) is 0.0781. The molecule has 0 radical (unpaired) electrons. The minimum atomic E-state index is -5.08. The Labute approximate surface area is 331 Å². The monoisotopic (exact) mass is 836 g/mol. The molecular weight excluding hydrogens is 794 g/mol. The fraction of sp³-hybridized carbons (Fsp3) is 0.316. The standard InChI is InChI=1S/C36H40N4O8S2.C2HF3O2/c1-24-7-18-34(49-24)50(44,45)48-30-15-11-27(12-16-30)38-36(43)39(31(35(37)42)20-25-8-13-29(41)14-9-25)28-6-5-19-40(2,23-28)22-26-10-17-32(46-3)33(21-26)47-4;3-2(4,5)1(6)7/h7-18,21,31H,5-6,19-20,22-23H2,1-4H3,(H2-2,37,38,41,42,43);(H,6,7)/p+2/b39-28+;/t31-,40?;/m0./s1. The number of carbonyl (C=O) groups is 3. The number of ether oxygens (including phenoxy) is 2. The second-order valence-corrected chi connectivity index (χ2v) is 16.4. The van der Waals surface area contributed by atoms with E-state index in [1.807, 2.05) is 18.2 Å². The topological polar surface area (TPSA) is 195 Å². The summed E-state index contributed by atoms with van der Waals surface area (Å²) in [6, 6.07) is 19.8. The minimum absolute atomic E-state index is 0.0783. The first-order chi connectivity index (χ1) is 26.7. The van der Waals surface area contributed by atoms with E-state index in [1.54, 1.807) is 39.3 Å². The van der Waals surface area contributed by atoms with Crippen LogP contribution in [0, 0.1) is 6.92 Å². The molecule has 4 aromatic rings. The number of thiophene rings is 1. The van der Waals surface area contributed by atoms with Crippen LogP contribution in [0.1, 0.15) is 28.8 Å². The van der Waals surface area contributed by atoms with Gasteiger partial charge in [-0.3, -0.25) is 4.79 Å². The van der Waals surface area contributed by atoms with Gasteiger partial charge < -0.3 is 34.1 Å². The molecule has 0 bridgehead atoms. The number of quaternary nitrogens is 1. The number of nitrogens with two attached hydrogens (primary N) is 1. The lowest BCUT2D eigenvalue weighted by atomic mass is 10.0. The smallest absolute Gasteiger partial charge is 0.496 e. The summed E-state index contributed by atoms with van der Waals surface area (Å²) in [4.78, 5) is 37.1. The van der Waals surface area contributed by atoms with Crippen molar-refractivity contribution in [2.75, 3.05) is 39.7 Å². The third-order valence-corrected chi connectivity index (χ3v) is 11.5. The van der Waals surface area contributed by atoms with Crippen LogP contribution in [0.4, 0.5) is 23.7 Å². The number of nitrogens with one attached hydrogen (secondary N) is 1. The average molecular weight is 837 g/mol. The molecular formula is C38H43F3N4O10S2+2. The molecule has 2 atom stereocenters. The second kappa shape index (κ2) is 18.5. The van der Waals surface area contributed by atoms with Crippen molar-refractivity contribution in [2.24, 2.45) is 5.73 Å². The Morgan fingerprint density at radius 2 is 1.58 bits per heavy atom. The second-order valence-electron chi connectivity index (χ2n) is 13.3. The fourth-order valence-corrected chi connectivity index (χ4v) is 8.36. The van der Waals surface area contributed by atoms with Crippen molar-refractivity contribution in [1.29, 1.82) is 0 Å². The van der Waals surface area contributed by atoms with Crippen molar-refractivity contribution >= 4 is 50.8 Å². The molecule has 0 saturated carbocycles. The number of amides is 3. The molecule has 57 heavy (non-hydrogen) atoms. The van der Waals surface area contributed by atoms with E-state index < -0.39 is 40.2 Å². The predicted molar refractivity (Wildman–Crippen MR) is 204 cm³/mol. The molecule has 1 aliphatic rings. The number of carboxylic acids is 1. The summed E-state index contributed by atoms with van der Waals surface area (Å²) in [5.74, 6) is -2.03.